The third kappa shape index (κ3) is 5.59. The van der Waals surface area contributed by atoms with Gasteiger partial charge < -0.3 is 16.4 Å². The topological polar surface area (TPSA) is 84.2 Å². The summed E-state index contributed by atoms with van der Waals surface area (Å²) in [5.74, 6) is -0.0719. The Bertz CT molecular complexity index is 280. The first-order valence-corrected chi connectivity index (χ1v) is 7.23. The van der Waals surface area contributed by atoms with Crippen molar-refractivity contribution in [3.8, 4) is 0 Å². The van der Waals surface area contributed by atoms with Crippen molar-refractivity contribution >= 4 is 11.8 Å². The lowest BCUT2D eigenvalue weighted by atomic mass is 9.81. The van der Waals surface area contributed by atoms with Crippen LogP contribution in [-0.2, 0) is 9.59 Å². The molecule has 0 aliphatic carbocycles. The molecule has 112 valence electrons. The Hall–Kier alpha value is -1.10. The second-order valence-corrected chi connectivity index (χ2v) is 5.07. The predicted octanol–water partition coefficient (Wildman–Crippen LogP) is 1.17. The molecule has 0 radical (unpaired) electrons. The van der Waals surface area contributed by atoms with Gasteiger partial charge in [0.1, 0.15) is 0 Å². The van der Waals surface area contributed by atoms with Crippen LogP contribution in [-0.4, -0.2) is 30.9 Å². The number of carbonyl (C=O) groups excluding carboxylic acids is 2. The number of nitrogens with one attached hydrogen (secondary N) is 2. The minimum Gasteiger partial charge on any atom is -0.355 e. The van der Waals surface area contributed by atoms with Crippen molar-refractivity contribution in [1.29, 1.82) is 0 Å². The molecule has 5 nitrogen and oxygen atoms in total. The molecule has 0 spiro atoms. The van der Waals surface area contributed by atoms with Crippen molar-refractivity contribution in [2.45, 2.75) is 59.4 Å². The van der Waals surface area contributed by atoms with Gasteiger partial charge in [-0.05, 0) is 26.2 Å². The number of hydrogen-bond acceptors (Lipinski definition) is 3. The van der Waals surface area contributed by atoms with Crippen LogP contribution in [0.5, 0.6) is 0 Å². The van der Waals surface area contributed by atoms with Gasteiger partial charge in [0.25, 0.3) is 0 Å². The summed E-state index contributed by atoms with van der Waals surface area (Å²) in [6.07, 6.45) is 2.64. The Morgan fingerprint density at radius 3 is 2.21 bits per heavy atom. The maximum absolute atomic E-state index is 12.1. The SMILES string of the molecule is CCC(C)NC(=O)CCNC(=O)C(CC)(CC)CN. The van der Waals surface area contributed by atoms with Gasteiger partial charge >= 0.3 is 0 Å². The Morgan fingerprint density at radius 1 is 1.21 bits per heavy atom. The van der Waals surface area contributed by atoms with Crippen LogP contribution in [0.2, 0.25) is 0 Å². The van der Waals surface area contributed by atoms with Gasteiger partial charge in [-0.2, -0.15) is 0 Å². The molecule has 0 aromatic rings. The molecule has 0 rings (SSSR count). The van der Waals surface area contributed by atoms with Gasteiger partial charge in [-0.3, -0.25) is 9.59 Å². The summed E-state index contributed by atoms with van der Waals surface area (Å²) in [5, 5.41) is 5.69. The molecule has 0 aliphatic rings. The van der Waals surface area contributed by atoms with Gasteiger partial charge in [0.2, 0.25) is 11.8 Å². The molecule has 0 bridgehead atoms. The van der Waals surface area contributed by atoms with Gasteiger partial charge in [0, 0.05) is 25.6 Å². The molecule has 19 heavy (non-hydrogen) atoms. The summed E-state index contributed by atoms with van der Waals surface area (Å²) < 4.78 is 0. The monoisotopic (exact) mass is 271 g/mol. The van der Waals surface area contributed by atoms with Crippen molar-refractivity contribution < 1.29 is 9.59 Å². The fourth-order valence-corrected chi connectivity index (χ4v) is 1.88. The van der Waals surface area contributed by atoms with Crippen LogP contribution in [0.25, 0.3) is 0 Å². The smallest absolute Gasteiger partial charge is 0.227 e. The summed E-state index contributed by atoms with van der Waals surface area (Å²) in [6, 6.07) is 0.178. The first-order valence-electron chi connectivity index (χ1n) is 7.23. The summed E-state index contributed by atoms with van der Waals surface area (Å²) in [5.41, 5.74) is 5.21. The molecular formula is C14H29N3O2. The van der Waals surface area contributed by atoms with E-state index in [0.717, 1.165) is 6.42 Å². The lowest BCUT2D eigenvalue weighted by Crippen LogP contribution is -2.46. The third-order valence-electron chi connectivity index (χ3n) is 3.88. The van der Waals surface area contributed by atoms with E-state index in [4.69, 9.17) is 5.73 Å². The maximum Gasteiger partial charge on any atom is 0.227 e. The Balaban J connectivity index is 4.13. The molecule has 5 heteroatoms. The average molecular weight is 271 g/mol. The minimum absolute atomic E-state index is 0.0269. The van der Waals surface area contributed by atoms with Crippen LogP contribution in [0.3, 0.4) is 0 Å². The largest absolute Gasteiger partial charge is 0.355 e. The summed E-state index contributed by atoms with van der Waals surface area (Å²) in [4.78, 5) is 23.7. The molecule has 1 unspecified atom stereocenters. The van der Waals surface area contributed by atoms with E-state index < -0.39 is 5.41 Å². The molecule has 0 heterocycles. The fraction of sp³-hybridized carbons (Fsp3) is 0.857. The second kappa shape index (κ2) is 8.91. The van der Waals surface area contributed by atoms with E-state index >= 15 is 0 Å². The highest BCUT2D eigenvalue weighted by Crippen LogP contribution is 2.24. The zero-order valence-corrected chi connectivity index (χ0v) is 12.7. The van der Waals surface area contributed by atoms with Crippen molar-refractivity contribution in [2.75, 3.05) is 13.1 Å². The van der Waals surface area contributed by atoms with Gasteiger partial charge in [0.05, 0.1) is 5.41 Å². The van der Waals surface area contributed by atoms with E-state index in [1.54, 1.807) is 0 Å². The van der Waals surface area contributed by atoms with E-state index in [-0.39, 0.29) is 17.9 Å². The van der Waals surface area contributed by atoms with Gasteiger partial charge in [-0.15, -0.1) is 0 Å². The van der Waals surface area contributed by atoms with Crippen LogP contribution in [0.4, 0.5) is 0 Å². The maximum atomic E-state index is 12.1. The average Bonchev–Trinajstić information content (AvgIpc) is 2.41. The number of amides is 2. The second-order valence-electron chi connectivity index (χ2n) is 5.07. The molecule has 0 aromatic carbocycles. The Morgan fingerprint density at radius 2 is 1.79 bits per heavy atom. The predicted molar refractivity (Wildman–Crippen MR) is 77.6 cm³/mol. The van der Waals surface area contributed by atoms with Gasteiger partial charge in [-0.1, -0.05) is 20.8 Å². The van der Waals surface area contributed by atoms with Crippen LogP contribution in [0.15, 0.2) is 0 Å². The number of nitrogens with two attached hydrogens (primary N) is 1. The van der Waals surface area contributed by atoms with Gasteiger partial charge in [0.15, 0.2) is 0 Å². The molecule has 0 saturated carbocycles. The molecule has 2 amide bonds. The van der Waals surface area contributed by atoms with Crippen LogP contribution in [0.1, 0.15) is 53.4 Å². The van der Waals surface area contributed by atoms with Crippen molar-refractivity contribution in [2.24, 2.45) is 11.1 Å². The standard InChI is InChI=1S/C14H29N3O2/c1-5-11(4)17-12(18)8-9-16-13(19)14(6-2,7-3)10-15/h11H,5-10,15H2,1-4H3,(H,16,19)(H,17,18). The van der Waals surface area contributed by atoms with Crippen LogP contribution in [0, 0.1) is 5.41 Å². The molecule has 4 N–H and O–H groups in total. The Labute approximate surface area is 116 Å². The molecule has 0 saturated heterocycles. The normalized spacial score (nSPS) is 12.9. The number of rotatable bonds is 9. The highest BCUT2D eigenvalue weighted by atomic mass is 16.2. The summed E-state index contributed by atoms with van der Waals surface area (Å²) in [7, 11) is 0. The molecule has 0 fully saturated rings. The van der Waals surface area contributed by atoms with E-state index in [1.807, 2.05) is 27.7 Å². The zero-order valence-electron chi connectivity index (χ0n) is 12.7. The lowest BCUT2D eigenvalue weighted by molar-refractivity contribution is -0.131. The first kappa shape index (κ1) is 17.9. The highest BCUT2D eigenvalue weighted by Gasteiger charge is 2.32. The number of carbonyl (C=O) groups is 2. The van der Waals surface area contributed by atoms with Crippen molar-refractivity contribution in [3.63, 3.8) is 0 Å². The van der Waals surface area contributed by atoms with Crippen LogP contribution < -0.4 is 16.4 Å². The van der Waals surface area contributed by atoms with Gasteiger partial charge in [-0.25, -0.2) is 0 Å². The summed E-state index contributed by atoms with van der Waals surface area (Å²) >= 11 is 0. The first-order chi connectivity index (χ1) is 8.95. The zero-order chi connectivity index (χ0) is 14.9. The minimum atomic E-state index is -0.493. The van der Waals surface area contributed by atoms with E-state index in [0.29, 0.717) is 32.4 Å². The lowest BCUT2D eigenvalue weighted by Gasteiger charge is -2.28. The van der Waals surface area contributed by atoms with Crippen molar-refractivity contribution in [3.05, 3.63) is 0 Å². The van der Waals surface area contributed by atoms with Crippen molar-refractivity contribution in [1.82, 2.24) is 10.6 Å². The molecular weight excluding hydrogens is 242 g/mol. The molecule has 0 aromatic heterocycles. The Kier molecular flexibility index (Phi) is 8.39. The summed E-state index contributed by atoms with van der Waals surface area (Å²) in [6.45, 7) is 8.61. The molecule has 0 aliphatic heterocycles. The fourth-order valence-electron chi connectivity index (χ4n) is 1.88. The quantitative estimate of drug-likeness (QED) is 0.588. The molecule has 1 atom stereocenters. The van der Waals surface area contributed by atoms with E-state index in [2.05, 4.69) is 10.6 Å². The third-order valence-corrected chi connectivity index (χ3v) is 3.88. The van der Waals surface area contributed by atoms with E-state index in [9.17, 15) is 9.59 Å². The highest BCUT2D eigenvalue weighted by molar-refractivity contribution is 5.83. The van der Waals surface area contributed by atoms with E-state index in [1.165, 1.54) is 0 Å². The van der Waals surface area contributed by atoms with Crippen LogP contribution >= 0.6 is 0 Å². The number of hydrogen-bond donors (Lipinski definition) is 3.